The first kappa shape index (κ1) is 41.2. The summed E-state index contributed by atoms with van der Waals surface area (Å²) in [4.78, 5) is 49.7. The second-order valence-electron chi connectivity index (χ2n) is 9.58. The van der Waals surface area contributed by atoms with Gasteiger partial charge in [0.15, 0.2) is 5.82 Å². The topological polar surface area (TPSA) is 126 Å². The van der Waals surface area contributed by atoms with E-state index in [9.17, 15) is 27.6 Å². The van der Waals surface area contributed by atoms with Crippen LogP contribution in [0.25, 0.3) is 0 Å². The first-order valence-electron chi connectivity index (χ1n) is 14.3. The van der Waals surface area contributed by atoms with Gasteiger partial charge in [-0.3, -0.25) is 4.79 Å². The molecule has 0 spiro atoms. The van der Waals surface area contributed by atoms with E-state index in [1.54, 1.807) is 34.1 Å². The Morgan fingerprint density at radius 1 is 1.02 bits per heavy atom. The molecule has 0 aliphatic carbocycles. The van der Waals surface area contributed by atoms with Crippen molar-refractivity contribution in [3.63, 3.8) is 0 Å². The smallest absolute Gasteiger partial charge is 0.442 e. The predicted molar refractivity (Wildman–Crippen MR) is 207 cm³/mol. The third-order valence-electron chi connectivity index (χ3n) is 6.44. The van der Waals surface area contributed by atoms with E-state index in [0.717, 1.165) is 66.8 Å². The summed E-state index contributed by atoms with van der Waals surface area (Å²) in [6.07, 6.45) is -2.53. The second-order valence-corrected chi connectivity index (χ2v) is 33.9. The number of hydrogen-bond donors (Lipinski definition) is 2. The summed E-state index contributed by atoms with van der Waals surface area (Å²) in [5.41, 5.74) is 0.345. The van der Waals surface area contributed by atoms with Crippen LogP contribution in [0.5, 0.6) is 5.75 Å². The first-order valence-corrected chi connectivity index (χ1v) is 31.0. The number of amides is 2. The van der Waals surface area contributed by atoms with E-state index in [1.165, 1.54) is 0 Å². The van der Waals surface area contributed by atoms with Gasteiger partial charge in [0.1, 0.15) is 26.0 Å². The third-order valence-corrected chi connectivity index (χ3v) is 39.2. The summed E-state index contributed by atoms with van der Waals surface area (Å²) in [7, 11) is 8.70. The lowest BCUT2D eigenvalue weighted by molar-refractivity contribution is -0.167. The van der Waals surface area contributed by atoms with Crippen LogP contribution in [0.4, 0.5) is 35.4 Å². The number of carbonyl (C=O) groups is 3. The van der Waals surface area contributed by atoms with E-state index in [4.69, 9.17) is 9.26 Å². The van der Waals surface area contributed by atoms with Gasteiger partial charge in [-0.15, -0.1) is 8.93 Å². The molecule has 1 fully saturated rings. The lowest BCUT2D eigenvalue weighted by atomic mass is 10.1. The number of halogens is 3. The summed E-state index contributed by atoms with van der Waals surface area (Å²) >= 11 is 0. The molecule has 2 amide bonds. The quantitative estimate of drug-likeness (QED) is 0.112. The number of hydrogen-bond acceptors (Lipinski definition) is 9. The number of benzene rings is 1. The molecule has 2 aromatic rings. The minimum Gasteiger partial charge on any atom is -0.442 e. The second kappa shape index (κ2) is 21.9. The highest BCUT2D eigenvalue weighted by Crippen LogP contribution is 2.78. The Hall–Kier alpha value is -0.230. The van der Waals surface area contributed by atoms with E-state index in [-0.39, 0.29) is 32.4 Å². The molecule has 11 nitrogen and oxygen atoms in total. The van der Waals surface area contributed by atoms with Crippen molar-refractivity contribution in [2.75, 3.05) is 41.7 Å². The van der Waals surface area contributed by atoms with Gasteiger partial charge in [0.05, 0.1) is 6.20 Å². The molecule has 1 saturated heterocycles. The SMILES string of the molecule is CCN(CC)c1ncc(NC(=O)C(F)(F)F)c(N[C@@H](Cc2ccc(OC(=O)N3CCCC3)cc2)C(=O)OPPPPPPPPP)n1. The summed E-state index contributed by atoms with van der Waals surface area (Å²) in [5.74, 6) is -2.38. The molecule has 1 aromatic heterocycles. The van der Waals surface area contributed by atoms with Crippen LogP contribution in [-0.2, 0) is 20.5 Å². The molecule has 0 bridgehead atoms. The zero-order chi connectivity index (χ0) is 34.2. The maximum Gasteiger partial charge on any atom is 0.471 e. The fraction of sp³-hybridized carbons (Fsp3) is 0.458. The third kappa shape index (κ3) is 14.5. The fourth-order valence-corrected chi connectivity index (χ4v) is 46.3. The molecule has 0 saturated carbocycles. The monoisotopic (exact) mass is 826 g/mol. The van der Waals surface area contributed by atoms with Gasteiger partial charge in [-0.05, 0) is 52.3 Å². The van der Waals surface area contributed by atoms with Crippen molar-refractivity contribution in [3.8, 4) is 5.75 Å². The van der Waals surface area contributed by atoms with Crippen LogP contribution in [-0.4, -0.2) is 71.2 Å². The van der Waals surface area contributed by atoms with Crippen LogP contribution in [0, 0.1) is 0 Å². The summed E-state index contributed by atoms with van der Waals surface area (Å²) < 4.78 is 50.6. The van der Waals surface area contributed by atoms with Gasteiger partial charge in [0, 0.05) is 32.6 Å². The molecule has 47 heavy (non-hydrogen) atoms. The Morgan fingerprint density at radius 2 is 1.66 bits per heavy atom. The summed E-state index contributed by atoms with van der Waals surface area (Å²) in [6, 6.07) is 5.58. The molecule has 1 aliphatic rings. The maximum absolute atomic E-state index is 13.4. The Kier molecular flexibility index (Phi) is 19.2. The Morgan fingerprint density at radius 3 is 2.28 bits per heavy atom. The molecular formula is C24H38F3N6O5P9. The first-order chi connectivity index (χ1) is 22.5. The van der Waals surface area contributed by atoms with Gasteiger partial charge < -0.3 is 29.7 Å². The van der Waals surface area contributed by atoms with Gasteiger partial charge in [-0.25, -0.2) is 14.6 Å². The Balaban J connectivity index is 1.81. The zero-order valence-electron chi connectivity index (χ0n) is 25.5. The highest BCUT2D eigenvalue weighted by atomic mass is 32.9. The van der Waals surface area contributed by atoms with Crippen LogP contribution < -0.4 is 20.3 Å². The maximum atomic E-state index is 13.4. The Bertz CT molecular complexity index is 1310. The fourth-order valence-electron chi connectivity index (χ4n) is 4.11. The van der Waals surface area contributed by atoms with Crippen LogP contribution in [0.2, 0.25) is 0 Å². The molecule has 1 aliphatic heterocycles. The number of rotatable bonds is 18. The van der Waals surface area contributed by atoms with Gasteiger partial charge in [0.25, 0.3) is 0 Å². The lowest BCUT2D eigenvalue weighted by Gasteiger charge is -2.23. The molecule has 1 aromatic carbocycles. The molecule has 10 atom stereocenters. The van der Waals surface area contributed by atoms with Crippen molar-refractivity contribution in [2.24, 2.45) is 0 Å². The van der Waals surface area contributed by atoms with Crippen molar-refractivity contribution < 1.29 is 36.8 Å². The number of ether oxygens (including phenoxy) is 1. The van der Waals surface area contributed by atoms with Crippen LogP contribution in [0.15, 0.2) is 30.5 Å². The normalized spacial score (nSPS) is 15.7. The van der Waals surface area contributed by atoms with E-state index >= 15 is 0 Å². The number of aromatic nitrogens is 2. The largest absolute Gasteiger partial charge is 0.471 e. The average Bonchev–Trinajstić information content (AvgIpc) is 3.59. The van der Waals surface area contributed by atoms with Crippen molar-refractivity contribution in [1.29, 1.82) is 0 Å². The van der Waals surface area contributed by atoms with Gasteiger partial charge in [-0.2, -0.15) is 18.2 Å². The van der Waals surface area contributed by atoms with Crippen molar-refractivity contribution in [2.45, 2.75) is 45.3 Å². The van der Waals surface area contributed by atoms with Gasteiger partial charge in [0.2, 0.25) is 5.95 Å². The molecule has 0 radical (unpaired) electrons. The van der Waals surface area contributed by atoms with Crippen molar-refractivity contribution in [3.05, 3.63) is 36.0 Å². The molecule has 23 heteroatoms. The number of anilines is 3. The number of nitrogens with one attached hydrogen (secondary N) is 2. The van der Waals surface area contributed by atoms with E-state index in [2.05, 4.69) is 24.2 Å². The van der Waals surface area contributed by atoms with E-state index in [0.29, 0.717) is 45.4 Å². The Labute approximate surface area is 288 Å². The molecule has 3 rings (SSSR count). The number of alkyl halides is 3. The van der Waals surface area contributed by atoms with Gasteiger partial charge >= 0.3 is 24.1 Å². The molecule has 9 unspecified atom stereocenters. The van der Waals surface area contributed by atoms with Crippen molar-refractivity contribution in [1.82, 2.24) is 14.9 Å². The number of nitrogens with zero attached hydrogens (tertiary/aromatic N) is 4. The molecular weight excluding hydrogens is 788 g/mol. The molecule has 2 N–H and O–H groups in total. The molecule has 2 heterocycles. The standard InChI is InChI=1S/C24H38F3N6O5P9/c1-3-32(4-2)22-28-14-18(30-21(35)24(25,26)27)19(31-22)29-17(20(34)38-40-42-44-46-47-45-43-41-39)13-15-7-9-16(10-8-15)37-23(36)33-11-5-6-12-33/h7-10,14,17,40-47H,3-6,11-13,39H2,1-2H3,(H,30,35)(H,28,29,31)/t17-/m0/s1. The number of carbonyl (C=O) groups excluding carboxylic acids is 3. The predicted octanol–water partition coefficient (Wildman–Crippen LogP) is 8.52. The van der Waals surface area contributed by atoms with Crippen molar-refractivity contribution >= 4 is 109 Å². The number of likely N-dealkylation sites (tertiary alicyclic amines) is 1. The lowest BCUT2D eigenvalue weighted by Crippen LogP contribution is -2.35. The van der Waals surface area contributed by atoms with Crippen LogP contribution >= 0.6 is 73.1 Å². The van der Waals surface area contributed by atoms with Gasteiger partial charge in [-0.1, -0.05) is 59.9 Å². The highest BCUT2D eigenvalue weighted by Gasteiger charge is 2.39. The minimum absolute atomic E-state index is 0.0411. The average molecular weight is 826 g/mol. The zero-order valence-corrected chi connectivity index (χ0v) is 34.6. The minimum atomic E-state index is -5.14. The summed E-state index contributed by atoms with van der Waals surface area (Å²) in [6.45, 7) is 6.09. The van der Waals surface area contributed by atoms with E-state index in [1.807, 2.05) is 19.2 Å². The highest BCUT2D eigenvalue weighted by molar-refractivity contribution is 8.83. The van der Waals surface area contributed by atoms with Crippen LogP contribution in [0.3, 0.4) is 0 Å². The molecule has 260 valence electrons. The summed E-state index contributed by atoms with van der Waals surface area (Å²) in [5, 5.41) is 4.76. The van der Waals surface area contributed by atoms with Crippen LogP contribution in [0.1, 0.15) is 32.3 Å². The van der Waals surface area contributed by atoms with E-state index < -0.39 is 30.2 Å².